The quantitative estimate of drug-likeness (QED) is 0.751. The third kappa shape index (κ3) is 4.95. The minimum atomic E-state index is -3.48. The first-order chi connectivity index (χ1) is 9.85. The SMILES string of the molecule is O=S(=O)(C=Cc1ccc(Br)cc1)Cc1ccc(F)cc1Cl. The maximum atomic E-state index is 12.9. The van der Waals surface area contributed by atoms with Gasteiger partial charge in [-0.2, -0.15) is 0 Å². The van der Waals surface area contributed by atoms with Crippen molar-refractivity contribution in [3.63, 3.8) is 0 Å². The highest BCUT2D eigenvalue weighted by molar-refractivity contribution is 9.10. The van der Waals surface area contributed by atoms with E-state index in [1.807, 2.05) is 12.1 Å². The summed E-state index contributed by atoms with van der Waals surface area (Å²) >= 11 is 9.14. The van der Waals surface area contributed by atoms with Crippen molar-refractivity contribution in [2.75, 3.05) is 0 Å². The summed E-state index contributed by atoms with van der Waals surface area (Å²) in [6.45, 7) is 0. The molecule has 0 heterocycles. The van der Waals surface area contributed by atoms with E-state index in [0.29, 0.717) is 5.56 Å². The Bertz CT molecular complexity index is 771. The molecule has 6 heteroatoms. The molecule has 2 nitrogen and oxygen atoms in total. The normalized spacial score (nSPS) is 12.0. The third-order valence-electron chi connectivity index (χ3n) is 2.71. The number of hydrogen-bond donors (Lipinski definition) is 0. The number of halogens is 3. The monoisotopic (exact) mass is 388 g/mol. The third-order valence-corrected chi connectivity index (χ3v) is 4.85. The minimum Gasteiger partial charge on any atom is -0.224 e. The highest BCUT2D eigenvalue weighted by atomic mass is 79.9. The topological polar surface area (TPSA) is 34.1 Å². The molecule has 0 spiro atoms. The van der Waals surface area contributed by atoms with E-state index in [9.17, 15) is 12.8 Å². The van der Waals surface area contributed by atoms with Crippen LogP contribution in [0.25, 0.3) is 6.08 Å². The number of benzene rings is 2. The van der Waals surface area contributed by atoms with E-state index >= 15 is 0 Å². The fourth-order valence-corrected chi connectivity index (χ4v) is 3.38. The van der Waals surface area contributed by atoms with Crippen molar-refractivity contribution < 1.29 is 12.8 Å². The van der Waals surface area contributed by atoms with Crippen LogP contribution in [-0.2, 0) is 15.6 Å². The molecule has 0 aromatic heterocycles. The molecule has 110 valence electrons. The Morgan fingerprint density at radius 1 is 1.14 bits per heavy atom. The first-order valence-corrected chi connectivity index (χ1v) is 8.85. The Hall–Kier alpha value is -1.17. The van der Waals surface area contributed by atoms with Gasteiger partial charge in [-0.1, -0.05) is 45.7 Å². The first-order valence-electron chi connectivity index (χ1n) is 5.96. The first kappa shape index (κ1) is 16.2. The fourth-order valence-electron chi connectivity index (χ4n) is 1.66. The van der Waals surface area contributed by atoms with E-state index < -0.39 is 15.7 Å². The van der Waals surface area contributed by atoms with Gasteiger partial charge in [0, 0.05) is 14.9 Å². The van der Waals surface area contributed by atoms with E-state index in [0.717, 1.165) is 21.5 Å². The molecule has 0 bridgehead atoms. The Balaban J connectivity index is 2.16. The van der Waals surface area contributed by atoms with Gasteiger partial charge in [-0.15, -0.1) is 0 Å². The van der Waals surface area contributed by atoms with Crippen LogP contribution in [0.1, 0.15) is 11.1 Å². The maximum absolute atomic E-state index is 12.9. The molecule has 0 aliphatic carbocycles. The average molecular weight is 390 g/mol. The van der Waals surface area contributed by atoms with E-state index in [1.165, 1.54) is 18.2 Å². The van der Waals surface area contributed by atoms with E-state index in [4.69, 9.17) is 11.6 Å². The molecule has 0 amide bonds. The number of hydrogen-bond acceptors (Lipinski definition) is 2. The molecule has 0 N–H and O–H groups in total. The van der Waals surface area contributed by atoms with Crippen molar-refractivity contribution in [2.45, 2.75) is 5.75 Å². The van der Waals surface area contributed by atoms with Crippen molar-refractivity contribution in [2.24, 2.45) is 0 Å². The van der Waals surface area contributed by atoms with Crippen molar-refractivity contribution in [1.29, 1.82) is 0 Å². The lowest BCUT2D eigenvalue weighted by atomic mass is 10.2. The van der Waals surface area contributed by atoms with E-state index in [-0.39, 0.29) is 10.8 Å². The summed E-state index contributed by atoms with van der Waals surface area (Å²) in [4.78, 5) is 0. The van der Waals surface area contributed by atoms with Gasteiger partial charge in [-0.05, 0) is 41.5 Å². The second kappa shape index (κ2) is 6.73. The number of sulfone groups is 1. The Kier molecular flexibility index (Phi) is 5.19. The van der Waals surface area contributed by atoms with Crippen LogP contribution in [-0.4, -0.2) is 8.42 Å². The van der Waals surface area contributed by atoms with Gasteiger partial charge in [-0.3, -0.25) is 0 Å². The van der Waals surface area contributed by atoms with Crippen LogP contribution in [0.2, 0.25) is 5.02 Å². The zero-order chi connectivity index (χ0) is 15.5. The molecule has 0 atom stereocenters. The second-order valence-corrected chi connectivity index (χ2v) is 7.61. The highest BCUT2D eigenvalue weighted by Gasteiger charge is 2.11. The van der Waals surface area contributed by atoms with Crippen LogP contribution >= 0.6 is 27.5 Å². The number of rotatable bonds is 4. The van der Waals surface area contributed by atoms with Crippen LogP contribution in [0.15, 0.2) is 52.3 Å². The van der Waals surface area contributed by atoms with Crippen LogP contribution in [0.3, 0.4) is 0 Å². The van der Waals surface area contributed by atoms with Gasteiger partial charge in [0.05, 0.1) is 5.75 Å². The van der Waals surface area contributed by atoms with Gasteiger partial charge < -0.3 is 0 Å². The van der Waals surface area contributed by atoms with Crippen molar-refractivity contribution in [1.82, 2.24) is 0 Å². The summed E-state index contributed by atoms with van der Waals surface area (Å²) in [7, 11) is -3.48. The smallest absolute Gasteiger partial charge is 0.175 e. The van der Waals surface area contributed by atoms with Gasteiger partial charge in [-0.25, -0.2) is 12.8 Å². The molecule has 0 saturated heterocycles. The van der Waals surface area contributed by atoms with Crippen LogP contribution in [0.4, 0.5) is 4.39 Å². The summed E-state index contributed by atoms with van der Waals surface area (Å²) in [5, 5.41) is 1.24. The van der Waals surface area contributed by atoms with Crippen molar-refractivity contribution in [3.05, 3.63) is 74.3 Å². The Labute approximate surface area is 136 Å². The molecule has 2 aromatic carbocycles. The average Bonchev–Trinajstić information content (AvgIpc) is 2.41. The van der Waals surface area contributed by atoms with Gasteiger partial charge >= 0.3 is 0 Å². The van der Waals surface area contributed by atoms with Gasteiger partial charge in [0.2, 0.25) is 0 Å². The second-order valence-electron chi connectivity index (χ2n) is 4.40. The zero-order valence-electron chi connectivity index (χ0n) is 10.8. The van der Waals surface area contributed by atoms with Crippen molar-refractivity contribution >= 4 is 43.4 Å². The molecule has 0 aliphatic rings. The minimum absolute atomic E-state index is 0.107. The van der Waals surface area contributed by atoms with Gasteiger partial charge in [0.15, 0.2) is 9.84 Å². The van der Waals surface area contributed by atoms with Gasteiger partial charge in [0.1, 0.15) is 5.82 Å². The molecule has 0 unspecified atom stereocenters. The van der Waals surface area contributed by atoms with Crippen LogP contribution in [0, 0.1) is 5.82 Å². The summed E-state index contributed by atoms with van der Waals surface area (Å²) in [5.41, 5.74) is 1.14. The van der Waals surface area contributed by atoms with Crippen LogP contribution in [0.5, 0.6) is 0 Å². The summed E-state index contributed by atoms with van der Waals surface area (Å²) in [6, 6.07) is 10.9. The standard InChI is InChI=1S/C15H11BrClFO2S/c16-13-4-1-11(2-5-13)7-8-21(19,20)10-12-3-6-14(18)9-15(12)17/h1-9H,10H2. The fraction of sp³-hybridized carbons (Fsp3) is 0.0667. The largest absolute Gasteiger partial charge is 0.224 e. The molecule has 0 aliphatic heterocycles. The maximum Gasteiger partial charge on any atom is 0.175 e. The van der Waals surface area contributed by atoms with E-state index in [2.05, 4.69) is 15.9 Å². The lowest BCUT2D eigenvalue weighted by Gasteiger charge is -2.03. The molecular formula is C15H11BrClFO2S. The lowest BCUT2D eigenvalue weighted by molar-refractivity contribution is 0.603. The highest BCUT2D eigenvalue weighted by Crippen LogP contribution is 2.20. The molecule has 21 heavy (non-hydrogen) atoms. The molecule has 0 fully saturated rings. The predicted molar refractivity (Wildman–Crippen MR) is 87.2 cm³/mol. The Morgan fingerprint density at radius 2 is 1.81 bits per heavy atom. The van der Waals surface area contributed by atoms with Crippen LogP contribution < -0.4 is 0 Å². The predicted octanol–water partition coefficient (Wildman–Crippen LogP) is 4.83. The van der Waals surface area contributed by atoms with E-state index in [1.54, 1.807) is 12.1 Å². The molecule has 0 saturated carbocycles. The summed E-state index contributed by atoms with van der Waals surface area (Å²) in [5.74, 6) is -0.759. The molecule has 2 rings (SSSR count). The Morgan fingerprint density at radius 3 is 2.43 bits per heavy atom. The summed E-state index contributed by atoms with van der Waals surface area (Å²) in [6.07, 6.45) is 1.51. The summed E-state index contributed by atoms with van der Waals surface area (Å²) < 4.78 is 37.9. The molecule has 0 radical (unpaired) electrons. The zero-order valence-corrected chi connectivity index (χ0v) is 13.9. The molecular weight excluding hydrogens is 379 g/mol. The van der Waals surface area contributed by atoms with Gasteiger partial charge in [0.25, 0.3) is 0 Å². The lowest BCUT2D eigenvalue weighted by Crippen LogP contribution is -2.01. The molecule has 2 aromatic rings. The van der Waals surface area contributed by atoms with Crippen molar-refractivity contribution in [3.8, 4) is 0 Å².